The lowest BCUT2D eigenvalue weighted by Gasteiger charge is -2.29. The van der Waals surface area contributed by atoms with Crippen LogP contribution < -0.4 is 11.3 Å². The summed E-state index contributed by atoms with van der Waals surface area (Å²) < 4.78 is 26.4. The van der Waals surface area contributed by atoms with Crippen molar-refractivity contribution in [3.05, 3.63) is 67.8 Å². The molecule has 0 aliphatic carbocycles. The Bertz CT molecular complexity index is 2850. The minimum absolute atomic E-state index is 0.430. The van der Waals surface area contributed by atoms with Crippen LogP contribution in [0.5, 0.6) is 69.0 Å². The van der Waals surface area contributed by atoms with Gasteiger partial charge in [0.2, 0.25) is 34.9 Å². The fraction of sp³-hybridized carbons (Fsp3) is 0.0882. The zero-order chi connectivity index (χ0) is 40.8. The van der Waals surface area contributed by atoms with Crippen LogP contribution in [-0.2, 0) is 14.2 Å². The molecule has 2 aliphatic heterocycles. The number of phenolic OH excluding ortho intramolecular Hbond substituents is 12. The van der Waals surface area contributed by atoms with E-state index >= 15 is 0 Å². The number of carbonyl (C=O) groups is 3. The molecule has 0 saturated carbocycles. The van der Waals surface area contributed by atoms with E-state index < -0.39 is 172 Å². The first-order chi connectivity index (χ1) is 26.3. The largest absolute Gasteiger partial charge is 0.504 e. The highest BCUT2D eigenvalue weighted by Gasteiger charge is 2.45. The van der Waals surface area contributed by atoms with E-state index in [4.69, 9.17) is 23.0 Å². The van der Waals surface area contributed by atoms with E-state index in [-0.39, 0.29) is 0 Å². The number of carbonyl (C=O) groups excluding carboxylic acids is 3. The van der Waals surface area contributed by atoms with Crippen molar-refractivity contribution < 1.29 is 98.7 Å². The van der Waals surface area contributed by atoms with Crippen LogP contribution in [0.1, 0.15) is 43.1 Å². The number of hydrogen-bond acceptors (Lipinski definition) is 22. The molecule has 7 rings (SSSR count). The SMILES string of the molecule is O=C1OC[C@H]2OC(=O)c3oc(=O)c4cc(O)c(O)c(O)c4c4c(O)c(O)c(O)cc4c(=O)oc3[C@@H]2OC(=O)c2cc(O)c(O)c(O)c2-c2c1cc(O)c(O)c2O. The summed E-state index contributed by atoms with van der Waals surface area (Å²) in [6.07, 6.45) is -4.48. The average Bonchev–Trinajstić information content (AvgIpc) is 3.16. The second kappa shape index (κ2) is 12.3. The Morgan fingerprint density at radius 1 is 0.464 bits per heavy atom. The normalized spacial score (nSPS) is 16.2. The van der Waals surface area contributed by atoms with Gasteiger partial charge in [-0.3, -0.25) is 0 Å². The van der Waals surface area contributed by atoms with Gasteiger partial charge in [0.1, 0.15) is 6.61 Å². The van der Waals surface area contributed by atoms with Crippen molar-refractivity contribution in [2.75, 3.05) is 6.61 Å². The van der Waals surface area contributed by atoms with Crippen molar-refractivity contribution in [1.82, 2.24) is 0 Å². The molecule has 0 radical (unpaired) electrons. The Morgan fingerprint density at radius 3 is 1.39 bits per heavy atom. The third-order valence-electron chi connectivity index (χ3n) is 8.67. The standard InChI is InChI=1S/C34H20O22/c35-10-1-6-15(23(43)19(10)39)16-7(2-11(36)20(40)24(16)44)31(48)54-27-14(5-52-30(6)47)53-34(51)29-28(27)55-32(49)8-3-12(37)21(41)25(45)17(8)18-9(33(50)56-29)4-13(38)22(42)26(18)46/h1-4,14,27,35-46H,5H2/t14-,27-/m1/s1. The van der Waals surface area contributed by atoms with E-state index in [2.05, 4.69) is 0 Å². The Hall–Kier alpha value is -8.43. The summed E-state index contributed by atoms with van der Waals surface area (Å²) in [7, 11) is 0. The van der Waals surface area contributed by atoms with Crippen molar-refractivity contribution >= 4 is 39.5 Å². The minimum atomic E-state index is -2.38. The molecular formula is C34H20O22. The molecule has 0 saturated heterocycles. The molecule has 0 spiro atoms. The van der Waals surface area contributed by atoms with Crippen LogP contribution in [0.2, 0.25) is 0 Å². The van der Waals surface area contributed by atoms with Crippen LogP contribution in [0, 0.1) is 0 Å². The molecule has 0 amide bonds. The molecule has 0 fully saturated rings. The summed E-state index contributed by atoms with van der Waals surface area (Å²) >= 11 is 0. The summed E-state index contributed by atoms with van der Waals surface area (Å²) in [6, 6.07) is 1.80. The number of cyclic esters (lactones) is 1. The molecule has 22 nitrogen and oxygen atoms in total. The third kappa shape index (κ3) is 5.15. The molecule has 1 aromatic heterocycles. The molecule has 22 heteroatoms. The number of hydrogen-bond donors (Lipinski definition) is 12. The fourth-order valence-corrected chi connectivity index (χ4v) is 6.05. The molecule has 4 aromatic carbocycles. The van der Waals surface area contributed by atoms with Crippen LogP contribution >= 0.6 is 0 Å². The van der Waals surface area contributed by atoms with Gasteiger partial charge >= 0.3 is 29.2 Å². The summed E-state index contributed by atoms with van der Waals surface area (Å²) in [5, 5.41) is 122. The van der Waals surface area contributed by atoms with Gasteiger partial charge in [0.05, 0.1) is 21.9 Å². The fourth-order valence-electron chi connectivity index (χ4n) is 6.05. The van der Waals surface area contributed by atoms with Gasteiger partial charge in [-0.1, -0.05) is 0 Å². The highest BCUT2D eigenvalue weighted by Crippen LogP contribution is 2.53. The molecule has 12 N–H and O–H groups in total. The first-order valence-electron chi connectivity index (χ1n) is 15.2. The van der Waals surface area contributed by atoms with Crippen LogP contribution in [0.15, 0.2) is 42.7 Å². The van der Waals surface area contributed by atoms with Gasteiger partial charge < -0.3 is 84.3 Å². The summed E-state index contributed by atoms with van der Waals surface area (Å²) in [4.78, 5) is 68.6. The topological polar surface area (TPSA) is 382 Å². The number of esters is 3. The van der Waals surface area contributed by atoms with E-state index in [0.717, 1.165) is 0 Å². The zero-order valence-corrected chi connectivity index (χ0v) is 27.1. The molecular weight excluding hydrogens is 760 g/mol. The second-order valence-electron chi connectivity index (χ2n) is 11.9. The van der Waals surface area contributed by atoms with Gasteiger partial charge in [-0.05, 0) is 24.3 Å². The van der Waals surface area contributed by atoms with Crippen LogP contribution in [0.4, 0.5) is 0 Å². The first-order valence-corrected chi connectivity index (χ1v) is 15.2. The lowest BCUT2D eigenvalue weighted by molar-refractivity contribution is -0.0773. The molecule has 2 aliphatic rings. The minimum Gasteiger partial charge on any atom is -0.504 e. The third-order valence-corrected chi connectivity index (χ3v) is 8.67. The van der Waals surface area contributed by atoms with Crippen molar-refractivity contribution in [1.29, 1.82) is 0 Å². The predicted molar refractivity (Wildman–Crippen MR) is 176 cm³/mol. The number of phenols is 12. The Kier molecular flexibility index (Phi) is 7.91. The van der Waals surface area contributed by atoms with Crippen LogP contribution in [0.3, 0.4) is 0 Å². The van der Waals surface area contributed by atoms with Gasteiger partial charge in [0, 0.05) is 21.9 Å². The Labute approximate surface area is 304 Å². The summed E-state index contributed by atoms with van der Waals surface area (Å²) in [5.74, 6) is -23.4. The molecule has 288 valence electrons. The number of aromatic hydroxyl groups is 12. The summed E-state index contributed by atoms with van der Waals surface area (Å²) in [5.41, 5.74) is -7.53. The van der Waals surface area contributed by atoms with Crippen molar-refractivity contribution in [2.45, 2.75) is 12.2 Å². The van der Waals surface area contributed by atoms with E-state index in [1.807, 2.05) is 0 Å². The van der Waals surface area contributed by atoms with E-state index in [0.29, 0.717) is 24.3 Å². The monoisotopic (exact) mass is 780 g/mol. The van der Waals surface area contributed by atoms with Gasteiger partial charge in [0.15, 0.2) is 52.1 Å². The number of rotatable bonds is 0. The average molecular weight is 781 g/mol. The second-order valence-corrected chi connectivity index (χ2v) is 11.9. The maximum atomic E-state index is 14.0. The highest BCUT2D eigenvalue weighted by atomic mass is 16.6. The molecule has 3 heterocycles. The molecule has 56 heavy (non-hydrogen) atoms. The van der Waals surface area contributed by atoms with E-state index in [1.54, 1.807) is 0 Å². The van der Waals surface area contributed by atoms with Gasteiger partial charge in [-0.2, -0.15) is 0 Å². The number of ether oxygens (including phenoxy) is 3. The highest BCUT2D eigenvalue weighted by molar-refractivity contribution is 6.14. The van der Waals surface area contributed by atoms with Crippen LogP contribution in [0.25, 0.3) is 32.7 Å². The number of fused-ring (bicyclic) bond motifs is 9. The van der Waals surface area contributed by atoms with Crippen molar-refractivity contribution in [2.24, 2.45) is 0 Å². The lowest BCUT2D eigenvalue weighted by Crippen LogP contribution is -2.39. The molecule has 5 aromatic rings. The molecule has 0 unspecified atom stereocenters. The smallest absolute Gasteiger partial charge is 0.378 e. The van der Waals surface area contributed by atoms with E-state index in [1.165, 1.54) is 0 Å². The lowest BCUT2D eigenvalue weighted by atomic mass is 9.92. The molecule has 2 atom stereocenters. The van der Waals surface area contributed by atoms with Gasteiger partial charge in [-0.25, -0.2) is 24.0 Å². The number of benzene rings is 4. The maximum Gasteiger partial charge on any atom is 0.378 e. The molecule has 0 bridgehead atoms. The maximum absolute atomic E-state index is 14.0. The van der Waals surface area contributed by atoms with E-state index in [9.17, 15) is 85.3 Å². The van der Waals surface area contributed by atoms with Crippen molar-refractivity contribution in [3.63, 3.8) is 0 Å². The zero-order valence-electron chi connectivity index (χ0n) is 27.1. The van der Waals surface area contributed by atoms with Crippen molar-refractivity contribution in [3.8, 4) is 80.1 Å². The summed E-state index contributed by atoms with van der Waals surface area (Å²) in [6.45, 7) is -1.18. The predicted octanol–water partition coefficient (Wildman–Crippen LogP) is 1.77. The van der Waals surface area contributed by atoms with Gasteiger partial charge in [-0.15, -0.1) is 0 Å². The Morgan fingerprint density at radius 2 is 0.893 bits per heavy atom. The van der Waals surface area contributed by atoms with Gasteiger partial charge in [0.25, 0.3) is 5.76 Å². The first kappa shape index (κ1) is 36.0. The Balaban J connectivity index is 1.60. The van der Waals surface area contributed by atoms with Crippen LogP contribution in [-0.4, -0.2) is 91.9 Å². The quantitative estimate of drug-likeness (QED) is 0.0605.